The number of aromatic nitrogens is 1. The van der Waals surface area contributed by atoms with Gasteiger partial charge in [0.05, 0.1) is 10.6 Å². The van der Waals surface area contributed by atoms with E-state index in [4.69, 9.17) is 16.3 Å². The highest BCUT2D eigenvalue weighted by molar-refractivity contribution is 7.19. The van der Waals surface area contributed by atoms with Crippen LogP contribution in [0.15, 0.2) is 41.2 Å². The second-order valence-corrected chi connectivity index (χ2v) is 6.78. The van der Waals surface area contributed by atoms with E-state index in [1.54, 1.807) is 22.8 Å². The highest BCUT2D eigenvalue weighted by Gasteiger charge is 2.20. The molecule has 126 valence electrons. The molecule has 0 amide bonds. The number of pyridine rings is 1. The van der Waals surface area contributed by atoms with Gasteiger partial charge in [-0.1, -0.05) is 18.5 Å². The van der Waals surface area contributed by atoms with Crippen LogP contribution in [0.4, 0.5) is 0 Å². The van der Waals surface area contributed by atoms with Crippen molar-refractivity contribution in [2.24, 2.45) is 0 Å². The lowest BCUT2D eigenvalue weighted by atomic mass is 10.1. The fourth-order valence-electron chi connectivity index (χ4n) is 2.78. The van der Waals surface area contributed by atoms with Gasteiger partial charge in [0.1, 0.15) is 4.83 Å². The number of aryl methyl sites for hydroxylation is 1. The first kappa shape index (κ1) is 17.2. The second-order valence-electron chi connectivity index (χ2n) is 5.31. The SMILES string of the molecule is CCOC(O)c1sc2c(ccc(=O)n2-c2ccc(Cl)cc2)c1CC. The molecule has 1 N–H and O–H groups in total. The van der Waals surface area contributed by atoms with Crippen molar-refractivity contribution in [3.63, 3.8) is 0 Å². The van der Waals surface area contributed by atoms with Crippen molar-refractivity contribution >= 4 is 33.2 Å². The smallest absolute Gasteiger partial charge is 0.256 e. The number of benzene rings is 1. The van der Waals surface area contributed by atoms with Gasteiger partial charge in [-0.05, 0) is 49.2 Å². The minimum Gasteiger partial charge on any atom is -0.364 e. The average molecular weight is 364 g/mol. The van der Waals surface area contributed by atoms with Gasteiger partial charge in [0.25, 0.3) is 5.56 Å². The molecule has 0 aliphatic carbocycles. The van der Waals surface area contributed by atoms with Gasteiger partial charge in [-0.2, -0.15) is 0 Å². The largest absolute Gasteiger partial charge is 0.364 e. The highest BCUT2D eigenvalue weighted by atomic mass is 35.5. The van der Waals surface area contributed by atoms with E-state index >= 15 is 0 Å². The number of fused-ring (bicyclic) bond motifs is 1. The van der Waals surface area contributed by atoms with Crippen molar-refractivity contribution in [1.82, 2.24) is 4.57 Å². The summed E-state index contributed by atoms with van der Waals surface area (Å²) < 4.78 is 7.00. The molecule has 1 atom stereocenters. The first-order valence-corrected chi connectivity index (χ1v) is 8.99. The molecule has 3 rings (SSSR count). The third-order valence-corrected chi connectivity index (χ3v) is 5.38. The van der Waals surface area contributed by atoms with Gasteiger partial charge in [-0.15, -0.1) is 11.3 Å². The van der Waals surface area contributed by atoms with Crippen LogP contribution in [0.5, 0.6) is 0 Å². The monoisotopic (exact) mass is 363 g/mol. The van der Waals surface area contributed by atoms with E-state index in [2.05, 4.69) is 0 Å². The Morgan fingerprint density at radius 1 is 1.21 bits per heavy atom. The number of hydrogen-bond donors (Lipinski definition) is 1. The Hall–Kier alpha value is -1.66. The fraction of sp³-hybridized carbons (Fsp3) is 0.278. The normalized spacial score (nSPS) is 12.7. The lowest BCUT2D eigenvalue weighted by molar-refractivity contribution is -0.0959. The molecule has 0 aliphatic heterocycles. The molecule has 24 heavy (non-hydrogen) atoms. The molecule has 0 saturated carbocycles. The van der Waals surface area contributed by atoms with Crippen molar-refractivity contribution in [1.29, 1.82) is 0 Å². The van der Waals surface area contributed by atoms with Gasteiger partial charge in [0.15, 0.2) is 6.29 Å². The van der Waals surface area contributed by atoms with E-state index < -0.39 is 6.29 Å². The molecule has 0 bridgehead atoms. The van der Waals surface area contributed by atoms with Crippen LogP contribution in [0, 0.1) is 0 Å². The molecule has 0 saturated heterocycles. The zero-order chi connectivity index (χ0) is 17.3. The molecule has 1 unspecified atom stereocenters. The van der Waals surface area contributed by atoms with Crippen LogP contribution in [0.1, 0.15) is 30.6 Å². The molecular weight excluding hydrogens is 346 g/mol. The predicted octanol–water partition coefficient (Wildman–Crippen LogP) is 4.30. The molecule has 0 aliphatic rings. The van der Waals surface area contributed by atoms with E-state index in [1.165, 1.54) is 11.3 Å². The minimum atomic E-state index is -0.976. The van der Waals surface area contributed by atoms with Crippen molar-refractivity contribution in [2.75, 3.05) is 6.61 Å². The summed E-state index contributed by atoms with van der Waals surface area (Å²) in [5.74, 6) is 0. The molecular formula is C18H18ClNO3S. The zero-order valence-electron chi connectivity index (χ0n) is 13.5. The van der Waals surface area contributed by atoms with Gasteiger partial charge in [-0.3, -0.25) is 9.36 Å². The maximum absolute atomic E-state index is 12.5. The standard InChI is InChI=1S/C18H18ClNO3S/c1-3-13-14-9-10-15(21)20(12-7-5-11(19)6-8-12)17(14)24-16(13)18(22)23-4-2/h5-10,18,22H,3-4H2,1-2H3. The van der Waals surface area contributed by atoms with E-state index in [0.717, 1.165) is 32.8 Å². The minimum absolute atomic E-state index is 0.119. The van der Waals surface area contributed by atoms with E-state index in [1.807, 2.05) is 32.0 Å². The number of aliphatic hydroxyl groups excluding tert-OH is 1. The third kappa shape index (κ3) is 3.00. The molecule has 1 aromatic carbocycles. The number of ether oxygens (including phenoxy) is 1. The Morgan fingerprint density at radius 2 is 1.92 bits per heavy atom. The number of rotatable bonds is 5. The summed E-state index contributed by atoms with van der Waals surface area (Å²) in [4.78, 5) is 14.0. The Labute approximate surface area is 148 Å². The summed E-state index contributed by atoms with van der Waals surface area (Å²) in [5, 5.41) is 11.9. The summed E-state index contributed by atoms with van der Waals surface area (Å²) in [6.07, 6.45) is -0.228. The van der Waals surface area contributed by atoms with Crippen molar-refractivity contribution < 1.29 is 9.84 Å². The lowest BCUT2D eigenvalue weighted by Gasteiger charge is -2.10. The van der Waals surface area contributed by atoms with E-state index in [-0.39, 0.29) is 5.56 Å². The van der Waals surface area contributed by atoms with Crippen LogP contribution in [0.3, 0.4) is 0 Å². The molecule has 0 fully saturated rings. The molecule has 0 radical (unpaired) electrons. The number of nitrogens with zero attached hydrogens (tertiary/aromatic N) is 1. The Balaban J connectivity index is 2.28. The van der Waals surface area contributed by atoms with Crippen LogP contribution >= 0.6 is 22.9 Å². The Kier molecular flexibility index (Phi) is 5.06. The van der Waals surface area contributed by atoms with Gasteiger partial charge in [-0.25, -0.2) is 0 Å². The van der Waals surface area contributed by atoms with Crippen LogP contribution in [0.2, 0.25) is 5.02 Å². The molecule has 2 heterocycles. The molecule has 4 nitrogen and oxygen atoms in total. The third-order valence-electron chi connectivity index (χ3n) is 3.86. The van der Waals surface area contributed by atoms with Crippen LogP contribution in [0.25, 0.3) is 15.9 Å². The molecule has 0 spiro atoms. The number of halogens is 1. The lowest BCUT2D eigenvalue weighted by Crippen LogP contribution is -2.16. The van der Waals surface area contributed by atoms with Gasteiger partial charge >= 0.3 is 0 Å². The summed E-state index contributed by atoms with van der Waals surface area (Å²) in [6, 6.07) is 10.5. The van der Waals surface area contributed by atoms with Gasteiger partial charge < -0.3 is 9.84 Å². The summed E-state index contributed by atoms with van der Waals surface area (Å²) in [7, 11) is 0. The maximum Gasteiger partial charge on any atom is 0.256 e. The van der Waals surface area contributed by atoms with Crippen LogP contribution in [-0.4, -0.2) is 16.3 Å². The maximum atomic E-state index is 12.5. The average Bonchev–Trinajstić information content (AvgIpc) is 2.94. The molecule has 3 aromatic rings. The summed E-state index contributed by atoms with van der Waals surface area (Å²) in [6.45, 7) is 4.29. The summed E-state index contributed by atoms with van der Waals surface area (Å²) >= 11 is 7.34. The van der Waals surface area contributed by atoms with E-state index in [9.17, 15) is 9.90 Å². The summed E-state index contributed by atoms with van der Waals surface area (Å²) in [5.41, 5.74) is 1.64. The van der Waals surface area contributed by atoms with Crippen molar-refractivity contribution in [3.8, 4) is 5.69 Å². The number of aliphatic hydroxyl groups is 1. The highest BCUT2D eigenvalue weighted by Crippen LogP contribution is 2.36. The van der Waals surface area contributed by atoms with Gasteiger partial charge in [0.2, 0.25) is 0 Å². The second kappa shape index (κ2) is 7.07. The number of thiophene rings is 1. The van der Waals surface area contributed by atoms with Gasteiger partial charge in [0, 0.05) is 23.1 Å². The molecule has 6 heteroatoms. The Morgan fingerprint density at radius 3 is 2.54 bits per heavy atom. The van der Waals surface area contributed by atoms with Crippen molar-refractivity contribution in [3.05, 3.63) is 62.2 Å². The number of hydrogen-bond acceptors (Lipinski definition) is 4. The predicted molar refractivity (Wildman–Crippen MR) is 98.4 cm³/mol. The topological polar surface area (TPSA) is 51.5 Å². The fourth-order valence-corrected chi connectivity index (χ4v) is 4.25. The zero-order valence-corrected chi connectivity index (χ0v) is 15.0. The van der Waals surface area contributed by atoms with E-state index in [0.29, 0.717) is 11.6 Å². The first-order valence-electron chi connectivity index (χ1n) is 7.79. The van der Waals surface area contributed by atoms with Crippen LogP contribution < -0.4 is 5.56 Å². The first-order chi connectivity index (χ1) is 11.6. The Bertz CT molecular complexity index is 914. The van der Waals surface area contributed by atoms with Crippen LogP contribution in [-0.2, 0) is 11.2 Å². The quantitative estimate of drug-likeness (QED) is 0.688. The molecule has 2 aromatic heterocycles. The van der Waals surface area contributed by atoms with Crippen molar-refractivity contribution in [2.45, 2.75) is 26.6 Å².